The Hall–Kier alpha value is -3.30. The minimum atomic E-state index is -0.236. The number of aryl methyl sites for hydroxylation is 1. The fraction of sp³-hybridized carbons (Fsp3) is 0.150. The van der Waals surface area contributed by atoms with Gasteiger partial charge >= 0.3 is 0 Å². The first-order valence-corrected chi connectivity index (χ1v) is 10.1. The lowest BCUT2D eigenvalue weighted by atomic mass is 10.1. The first-order chi connectivity index (χ1) is 14.5. The number of halogens is 1. The van der Waals surface area contributed by atoms with E-state index in [4.69, 9.17) is 16.3 Å². The Morgan fingerprint density at radius 3 is 2.77 bits per heavy atom. The van der Waals surface area contributed by atoms with Crippen molar-refractivity contribution < 1.29 is 9.53 Å². The van der Waals surface area contributed by atoms with Crippen molar-refractivity contribution in [3.63, 3.8) is 0 Å². The van der Waals surface area contributed by atoms with E-state index >= 15 is 0 Å². The Morgan fingerprint density at radius 1 is 1.20 bits per heavy atom. The quantitative estimate of drug-likeness (QED) is 0.496. The minimum Gasteiger partial charge on any atom is -0.494 e. The average Bonchev–Trinajstić information content (AvgIpc) is 3.34. The monoisotopic (exact) mass is 440 g/mol. The summed E-state index contributed by atoms with van der Waals surface area (Å²) in [6, 6.07) is 12.6. The highest BCUT2D eigenvalue weighted by molar-refractivity contribution is 7.10. The molecule has 0 saturated carbocycles. The summed E-state index contributed by atoms with van der Waals surface area (Å²) >= 11 is 7.21. The van der Waals surface area contributed by atoms with E-state index in [0.717, 1.165) is 17.1 Å². The van der Waals surface area contributed by atoms with Gasteiger partial charge in [0.15, 0.2) is 11.5 Å². The molecule has 0 aliphatic carbocycles. The summed E-state index contributed by atoms with van der Waals surface area (Å²) in [6.45, 7) is 3.73. The molecule has 0 atom stereocenters. The molecule has 2 heterocycles. The molecule has 0 fully saturated rings. The summed E-state index contributed by atoms with van der Waals surface area (Å²) in [5.74, 6) is 0.751. The zero-order valence-corrected chi connectivity index (χ0v) is 18.0. The number of aromatic nitrogens is 5. The third-order valence-corrected chi connectivity index (χ3v) is 5.38. The van der Waals surface area contributed by atoms with Crippen LogP contribution in [0.5, 0.6) is 5.75 Å². The molecule has 0 spiro atoms. The number of rotatable bonds is 5. The van der Waals surface area contributed by atoms with E-state index in [9.17, 15) is 4.79 Å². The molecule has 0 aliphatic heterocycles. The van der Waals surface area contributed by atoms with Crippen LogP contribution in [-0.4, -0.2) is 37.4 Å². The highest BCUT2D eigenvalue weighted by Gasteiger charge is 2.20. The van der Waals surface area contributed by atoms with Gasteiger partial charge in [-0.2, -0.15) is 9.36 Å². The zero-order chi connectivity index (χ0) is 21.3. The summed E-state index contributed by atoms with van der Waals surface area (Å²) in [5.41, 5.74) is 3.35. The maximum absolute atomic E-state index is 12.5. The predicted molar refractivity (Wildman–Crippen MR) is 116 cm³/mol. The van der Waals surface area contributed by atoms with Gasteiger partial charge in [0.2, 0.25) is 5.13 Å². The predicted octanol–water partition coefficient (Wildman–Crippen LogP) is 4.32. The zero-order valence-electron chi connectivity index (χ0n) is 16.4. The molecule has 30 heavy (non-hydrogen) atoms. The van der Waals surface area contributed by atoms with Gasteiger partial charge in [0.25, 0.3) is 5.91 Å². The third-order valence-electron chi connectivity index (χ3n) is 4.51. The van der Waals surface area contributed by atoms with Gasteiger partial charge in [0.05, 0.1) is 12.8 Å². The first kappa shape index (κ1) is 20.0. The van der Waals surface area contributed by atoms with Crippen molar-refractivity contribution in [1.29, 1.82) is 0 Å². The van der Waals surface area contributed by atoms with Crippen LogP contribution < -0.4 is 10.1 Å². The van der Waals surface area contributed by atoms with Crippen molar-refractivity contribution in [2.45, 2.75) is 13.8 Å². The van der Waals surface area contributed by atoms with Gasteiger partial charge in [-0.05, 0) is 43.7 Å². The molecule has 0 bridgehead atoms. The van der Waals surface area contributed by atoms with Crippen molar-refractivity contribution in [2.24, 2.45) is 0 Å². The molecule has 152 valence electrons. The highest BCUT2D eigenvalue weighted by atomic mass is 35.5. The first-order valence-electron chi connectivity index (χ1n) is 8.95. The van der Waals surface area contributed by atoms with Crippen molar-refractivity contribution in [2.75, 3.05) is 12.4 Å². The number of carbonyl (C=O) groups is 1. The molecule has 0 aliphatic rings. The molecular formula is C20H17ClN6O2S. The van der Waals surface area contributed by atoms with E-state index < -0.39 is 0 Å². The lowest BCUT2D eigenvalue weighted by Crippen LogP contribution is -2.13. The van der Waals surface area contributed by atoms with Crippen LogP contribution in [0.25, 0.3) is 17.2 Å². The minimum absolute atomic E-state index is 0.236. The molecular weight excluding hydrogens is 424 g/mol. The summed E-state index contributed by atoms with van der Waals surface area (Å²) < 4.78 is 11.3. The number of hydrogen-bond acceptors (Lipinski definition) is 7. The number of anilines is 1. The lowest BCUT2D eigenvalue weighted by Gasteiger charge is -2.09. The average molecular weight is 441 g/mol. The second-order valence-electron chi connectivity index (χ2n) is 6.44. The van der Waals surface area contributed by atoms with Gasteiger partial charge in [-0.15, -0.1) is 5.10 Å². The van der Waals surface area contributed by atoms with E-state index in [1.807, 2.05) is 32.0 Å². The molecule has 1 N–H and O–H groups in total. The number of ether oxygens (including phenoxy) is 1. The van der Waals surface area contributed by atoms with Crippen LogP contribution in [0.15, 0.2) is 42.5 Å². The standard InChI is InChI=1S/C20H17ClN6O2S/c1-11-6-4-5-7-14(11)19(28)23-20-22-18(25-30-20)17-12(2)27(26-24-17)15-10-13(21)8-9-16(15)29-3/h4-10H,1-3H3,(H,22,23,25,28). The third kappa shape index (κ3) is 3.77. The lowest BCUT2D eigenvalue weighted by molar-refractivity contribution is 0.102. The fourth-order valence-electron chi connectivity index (χ4n) is 2.96. The van der Waals surface area contributed by atoms with E-state index in [0.29, 0.717) is 44.4 Å². The second-order valence-corrected chi connectivity index (χ2v) is 7.63. The van der Waals surface area contributed by atoms with Crippen LogP contribution in [0.3, 0.4) is 0 Å². The molecule has 2 aromatic carbocycles. The number of hydrogen-bond donors (Lipinski definition) is 1. The van der Waals surface area contributed by atoms with E-state index in [-0.39, 0.29) is 5.91 Å². The van der Waals surface area contributed by atoms with E-state index in [1.165, 1.54) is 0 Å². The summed E-state index contributed by atoms with van der Waals surface area (Å²) in [7, 11) is 1.57. The van der Waals surface area contributed by atoms with E-state index in [2.05, 4.69) is 25.0 Å². The van der Waals surface area contributed by atoms with Crippen molar-refractivity contribution >= 4 is 34.2 Å². The Labute approximate surface area is 181 Å². The number of nitrogens with one attached hydrogen (secondary N) is 1. The molecule has 10 heteroatoms. The molecule has 0 unspecified atom stereocenters. The molecule has 1 amide bonds. The van der Waals surface area contributed by atoms with Gasteiger partial charge in [-0.3, -0.25) is 10.1 Å². The van der Waals surface area contributed by atoms with Crippen molar-refractivity contribution in [3.8, 4) is 23.0 Å². The summed E-state index contributed by atoms with van der Waals surface area (Å²) in [5, 5.41) is 12.1. The van der Waals surface area contributed by atoms with Gasteiger partial charge < -0.3 is 4.74 Å². The second kappa shape index (κ2) is 8.21. The number of nitrogens with zero attached hydrogens (tertiary/aromatic N) is 5. The van der Waals surface area contributed by atoms with Gasteiger partial charge in [0, 0.05) is 22.1 Å². The Morgan fingerprint density at radius 2 is 2.00 bits per heavy atom. The molecule has 2 aromatic heterocycles. The Balaban J connectivity index is 1.62. The van der Waals surface area contributed by atoms with Crippen LogP contribution in [-0.2, 0) is 0 Å². The molecule has 8 nitrogen and oxygen atoms in total. The largest absolute Gasteiger partial charge is 0.494 e. The maximum atomic E-state index is 12.5. The summed E-state index contributed by atoms with van der Waals surface area (Å²) in [4.78, 5) is 16.9. The number of amides is 1. The highest BCUT2D eigenvalue weighted by Crippen LogP contribution is 2.29. The number of methoxy groups -OCH3 is 1. The topological polar surface area (TPSA) is 94.8 Å². The SMILES string of the molecule is COc1ccc(Cl)cc1-n1nnc(-c2nsc(NC(=O)c3ccccc3C)n2)c1C. The van der Waals surface area contributed by atoms with E-state index in [1.54, 1.807) is 36.1 Å². The van der Waals surface area contributed by atoms with Crippen LogP contribution in [0.1, 0.15) is 21.6 Å². The van der Waals surface area contributed by atoms with Crippen molar-refractivity contribution in [1.82, 2.24) is 24.4 Å². The number of carbonyl (C=O) groups excluding carboxylic acids is 1. The van der Waals surface area contributed by atoms with Gasteiger partial charge in [-0.25, -0.2) is 4.68 Å². The smallest absolute Gasteiger partial charge is 0.257 e. The molecule has 4 rings (SSSR count). The molecule has 4 aromatic rings. The van der Waals surface area contributed by atoms with Gasteiger partial charge in [0.1, 0.15) is 11.4 Å². The van der Waals surface area contributed by atoms with Gasteiger partial charge in [-0.1, -0.05) is 35.0 Å². The van der Waals surface area contributed by atoms with Crippen LogP contribution in [0, 0.1) is 13.8 Å². The normalized spacial score (nSPS) is 10.8. The Bertz CT molecular complexity index is 1240. The Kier molecular flexibility index (Phi) is 5.47. The maximum Gasteiger partial charge on any atom is 0.257 e. The van der Waals surface area contributed by atoms with Crippen LogP contribution in [0.4, 0.5) is 5.13 Å². The fourth-order valence-corrected chi connectivity index (χ4v) is 3.69. The number of benzene rings is 2. The molecule has 0 saturated heterocycles. The van der Waals surface area contributed by atoms with Crippen molar-refractivity contribution in [3.05, 3.63) is 64.3 Å². The van der Waals surface area contributed by atoms with Crippen LogP contribution >= 0.6 is 23.1 Å². The molecule has 0 radical (unpaired) electrons. The summed E-state index contributed by atoms with van der Waals surface area (Å²) in [6.07, 6.45) is 0. The van der Waals surface area contributed by atoms with Crippen LogP contribution in [0.2, 0.25) is 5.02 Å².